The highest BCUT2D eigenvalue weighted by Crippen LogP contribution is 2.42. The van der Waals surface area contributed by atoms with Gasteiger partial charge in [0.1, 0.15) is 0 Å². The quantitative estimate of drug-likeness (QED) is 0.806. The predicted octanol–water partition coefficient (Wildman–Crippen LogP) is 4.17. The molecule has 1 heterocycles. The minimum Gasteiger partial charge on any atom is -0.356 e. The maximum atomic E-state index is 11.1. The van der Waals surface area contributed by atoms with Crippen LogP contribution in [-0.2, 0) is 11.2 Å². The zero-order chi connectivity index (χ0) is 17.5. The van der Waals surface area contributed by atoms with Crippen molar-refractivity contribution >= 4 is 5.91 Å². The fourth-order valence-electron chi connectivity index (χ4n) is 4.89. The third-order valence-electron chi connectivity index (χ3n) is 6.46. The Morgan fingerprint density at radius 3 is 2.48 bits per heavy atom. The van der Waals surface area contributed by atoms with E-state index in [9.17, 15) is 4.79 Å². The van der Waals surface area contributed by atoms with E-state index >= 15 is 0 Å². The Morgan fingerprint density at radius 2 is 1.84 bits per heavy atom. The molecule has 3 heteroatoms. The molecule has 138 valence electrons. The van der Waals surface area contributed by atoms with Gasteiger partial charge in [-0.2, -0.15) is 0 Å². The maximum absolute atomic E-state index is 11.1. The second-order valence-corrected chi connectivity index (χ2v) is 8.12. The van der Waals surface area contributed by atoms with Gasteiger partial charge >= 0.3 is 0 Å². The molecule has 0 aromatic heterocycles. The SMILES string of the molecule is CC(=O)NCCC1CCC(CCc2ccccc2)(N2CCCC2)CC1. The van der Waals surface area contributed by atoms with E-state index in [4.69, 9.17) is 0 Å². The summed E-state index contributed by atoms with van der Waals surface area (Å²) in [5.41, 5.74) is 1.91. The monoisotopic (exact) mass is 342 g/mol. The van der Waals surface area contributed by atoms with Gasteiger partial charge in [0.15, 0.2) is 0 Å². The van der Waals surface area contributed by atoms with E-state index in [2.05, 4.69) is 40.5 Å². The first-order chi connectivity index (χ1) is 12.2. The van der Waals surface area contributed by atoms with Crippen LogP contribution in [0.25, 0.3) is 0 Å². The summed E-state index contributed by atoms with van der Waals surface area (Å²) in [6.07, 6.45) is 11.7. The molecule has 3 rings (SSSR count). The van der Waals surface area contributed by atoms with Crippen LogP contribution in [0.3, 0.4) is 0 Å². The molecule has 0 unspecified atom stereocenters. The predicted molar refractivity (Wildman–Crippen MR) is 104 cm³/mol. The molecule has 1 N–H and O–H groups in total. The Hall–Kier alpha value is -1.35. The standard InChI is InChI=1S/C22H34N2O/c1-19(25)23-16-12-21-10-14-22(15-11-21,24-17-5-6-18-24)13-9-20-7-3-2-4-8-20/h2-4,7-8,21H,5-6,9-18H2,1H3,(H,23,25). The van der Waals surface area contributed by atoms with Crippen molar-refractivity contribution in [3.05, 3.63) is 35.9 Å². The van der Waals surface area contributed by atoms with Crippen LogP contribution in [0.4, 0.5) is 0 Å². The highest BCUT2D eigenvalue weighted by Gasteiger charge is 2.40. The van der Waals surface area contributed by atoms with Crippen molar-refractivity contribution in [1.29, 1.82) is 0 Å². The molecule has 25 heavy (non-hydrogen) atoms. The third-order valence-corrected chi connectivity index (χ3v) is 6.46. The maximum Gasteiger partial charge on any atom is 0.216 e. The van der Waals surface area contributed by atoms with E-state index in [1.807, 2.05) is 0 Å². The summed E-state index contributed by atoms with van der Waals surface area (Å²) in [4.78, 5) is 13.9. The number of aryl methyl sites for hydroxylation is 1. The number of likely N-dealkylation sites (tertiary alicyclic amines) is 1. The largest absolute Gasteiger partial charge is 0.356 e. The van der Waals surface area contributed by atoms with Crippen LogP contribution < -0.4 is 5.32 Å². The fraction of sp³-hybridized carbons (Fsp3) is 0.682. The van der Waals surface area contributed by atoms with Gasteiger partial charge in [-0.3, -0.25) is 9.69 Å². The summed E-state index contributed by atoms with van der Waals surface area (Å²) in [6.45, 7) is 5.06. The molecule has 1 aromatic carbocycles. The Kier molecular flexibility index (Phi) is 6.52. The molecule has 1 aromatic rings. The van der Waals surface area contributed by atoms with E-state index < -0.39 is 0 Å². The Morgan fingerprint density at radius 1 is 1.16 bits per heavy atom. The summed E-state index contributed by atoms with van der Waals surface area (Å²) in [5, 5.41) is 2.97. The number of amides is 1. The number of carbonyl (C=O) groups excluding carboxylic acids is 1. The Bertz CT molecular complexity index is 528. The van der Waals surface area contributed by atoms with Crippen molar-refractivity contribution in [2.75, 3.05) is 19.6 Å². The van der Waals surface area contributed by atoms with Crippen molar-refractivity contribution in [3.8, 4) is 0 Å². The molecule has 0 spiro atoms. The summed E-state index contributed by atoms with van der Waals surface area (Å²) in [6, 6.07) is 11.0. The Labute approximate surface area is 153 Å². The van der Waals surface area contributed by atoms with Crippen LogP contribution in [0.5, 0.6) is 0 Å². The lowest BCUT2D eigenvalue weighted by Gasteiger charge is -2.47. The van der Waals surface area contributed by atoms with Crippen molar-refractivity contribution in [1.82, 2.24) is 10.2 Å². The van der Waals surface area contributed by atoms with Crippen molar-refractivity contribution in [2.24, 2.45) is 5.92 Å². The zero-order valence-electron chi connectivity index (χ0n) is 15.8. The second kappa shape index (κ2) is 8.84. The van der Waals surface area contributed by atoms with Crippen LogP contribution in [0.15, 0.2) is 30.3 Å². The van der Waals surface area contributed by atoms with E-state index in [1.165, 1.54) is 70.0 Å². The molecule has 3 nitrogen and oxygen atoms in total. The summed E-state index contributed by atoms with van der Waals surface area (Å²) < 4.78 is 0. The number of carbonyl (C=O) groups is 1. The molecule has 2 fully saturated rings. The van der Waals surface area contributed by atoms with E-state index in [-0.39, 0.29) is 5.91 Å². The average Bonchev–Trinajstić information content (AvgIpc) is 3.17. The van der Waals surface area contributed by atoms with Crippen LogP contribution >= 0.6 is 0 Å². The third kappa shape index (κ3) is 5.07. The number of hydrogen-bond donors (Lipinski definition) is 1. The van der Waals surface area contributed by atoms with Gasteiger partial charge in [0, 0.05) is 19.0 Å². The van der Waals surface area contributed by atoms with Gasteiger partial charge in [0.05, 0.1) is 0 Å². The molecular weight excluding hydrogens is 308 g/mol. The van der Waals surface area contributed by atoms with Crippen molar-refractivity contribution < 1.29 is 4.79 Å². The van der Waals surface area contributed by atoms with Gasteiger partial charge in [-0.05, 0) is 82.4 Å². The molecule has 0 atom stereocenters. The molecule has 0 bridgehead atoms. The molecule has 1 saturated heterocycles. The molecule has 1 saturated carbocycles. The lowest BCUT2D eigenvalue weighted by molar-refractivity contribution is -0.119. The summed E-state index contributed by atoms with van der Waals surface area (Å²) in [5.74, 6) is 0.893. The zero-order valence-corrected chi connectivity index (χ0v) is 15.8. The first kappa shape index (κ1) is 18.4. The van der Waals surface area contributed by atoms with E-state index in [1.54, 1.807) is 6.92 Å². The smallest absolute Gasteiger partial charge is 0.216 e. The molecule has 0 radical (unpaired) electrons. The summed E-state index contributed by atoms with van der Waals surface area (Å²) in [7, 11) is 0. The van der Waals surface area contributed by atoms with Gasteiger partial charge in [-0.15, -0.1) is 0 Å². The van der Waals surface area contributed by atoms with E-state index in [0.717, 1.165) is 18.9 Å². The van der Waals surface area contributed by atoms with E-state index in [0.29, 0.717) is 5.54 Å². The molecule has 1 amide bonds. The van der Waals surface area contributed by atoms with Crippen LogP contribution in [0.1, 0.15) is 63.9 Å². The topological polar surface area (TPSA) is 32.3 Å². The van der Waals surface area contributed by atoms with Crippen LogP contribution in [0, 0.1) is 5.92 Å². The van der Waals surface area contributed by atoms with Crippen molar-refractivity contribution in [3.63, 3.8) is 0 Å². The number of benzene rings is 1. The molecule has 1 aliphatic heterocycles. The average molecular weight is 343 g/mol. The van der Waals surface area contributed by atoms with Gasteiger partial charge < -0.3 is 5.32 Å². The summed E-state index contributed by atoms with van der Waals surface area (Å²) >= 11 is 0. The van der Waals surface area contributed by atoms with Crippen molar-refractivity contribution in [2.45, 2.75) is 70.3 Å². The minimum atomic E-state index is 0.102. The number of nitrogens with zero attached hydrogens (tertiary/aromatic N) is 1. The first-order valence-electron chi connectivity index (χ1n) is 10.2. The molecular formula is C22H34N2O. The second-order valence-electron chi connectivity index (χ2n) is 8.12. The normalized spacial score (nSPS) is 27.3. The lowest BCUT2D eigenvalue weighted by atomic mass is 9.72. The highest BCUT2D eigenvalue weighted by molar-refractivity contribution is 5.72. The number of hydrogen-bond acceptors (Lipinski definition) is 2. The fourth-order valence-corrected chi connectivity index (χ4v) is 4.89. The first-order valence-corrected chi connectivity index (χ1v) is 10.2. The molecule has 2 aliphatic rings. The number of rotatable bonds is 7. The van der Waals surface area contributed by atoms with Crippen LogP contribution in [-0.4, -0.2) is 36.0 Å². The van der Waals surface area contributed by atoms with Gasteiger partial charge in [-0.25, -0.2) is 0 Å². The minimum absolute atomic E-state index is 0.102. The van der Waals surface area contributed by atoms with Crippen LogP contribution in [0.2, 0.25) is 0 Å². The van der Waals surface area contributed by atoms with Gasteiger partial charge in [0.25, 0.3) is 0 Å². The number of nitrogens with one attached hydrogen (secondary N) is 1. The van der Waals surface area contributed by atoms with Gasteiger partial charge in [0.2, 0.25) is 5.91 Å². The highest BCUT2D eigenvalue weighted by atomic mass is 16.1. The Balaban J connectivity index is 1.56. The molecule has 1 aliphatic carbocycles. The van der Waals surface area contributed by atoms with Gasteiger partial charge in [-0.1, -0.05) is 30.3 Å². The lowest BCUT2D eigenvalue weighted by Crippen LogP contribution is -2.50.